The summed E-state index contributed by atoms with van der Waals surface area (Å²) < 4.78 is 5.67. The van der Waals surface area contributed by atoms with Gasteiger partial charge in [0.2, 0.25) is 5.91 Å². The molecular weight excluding hydrogens is 328 g/mol. The lowest BCUT2D eigenvalue weighted by Gasteiger charge is -2.25. The van der Waals surface area contributed by atoms with Crippen molar-refractivity contribution in [2.24, 2.45) is 5.41 Å². The van der Waals surface area contributed by atoms with Crippen molar-refractivity contribution in [2.75, 3.05) is 32.8 Å². The number of imide groups is 1. The van der Waals surface area contributed by atoms with Crippen LogP contribution in [0, 0.1) is 5.41 Å². The Balaban J connectivity index is 2.08. The number of rotatable bonds is 15. The molecule has 1 aliphatic heterocycles. The molecule has 1 aliphatic rings. The Kier molecular flexibility index (Phi) is 10.9. The van der Waals surface area contributed by atoms with Crippen molar-refractivity contribution in [3.05, 3.63) is 0 Å². The number of unbranched alkanes of at least 4 members (excludes halogenated alkanes) is 4. The molecule has 5 heteroatoms. The van der Waals surface area contributed by atoms with E-state index in [0.29, 0.717) is 18.5 Å². The quantitative estimate of drug-likeness (QED) is 0.307. The molecule has 0 saturated carbocycles. The lowest BCUT2D eigenvalue weighted by molar-refractivity contribution is -0.125. The van der Waals surface area contributed by atoms with E-state index in [0.717, 1.165) is 38.9 Å². The molecule has 1 heterocycles. The largest absolute Gasteiger partial charge is 0.381 e. The number of hydrogen-bond acceptors (Lipinski definition) is 3. The van der Waals surface area contributed by atoms with Gasteiger partial charge in [-0.3, -0.25) is 9.69 Å². The van der Waals surface area contributed by atoms with E-state index in [4.69, 9.17) is 4.74 Å². The van der Waals surface area contributed by atoms with Gasteiger partial charge in [-0.15, -0.1) is 0 Å². The normalized spacial score (nSPS) is 15.4. The molecule has 5 nitrogen and oxygen atoms in total. The molecule has 0 bridgehead atoms. The highest BCUT2D eigenvalue weighted by molar-refractivity contribution is 6.01. The van der Waals surface area contributed by atoms with E-state index in [9.17, 15) is 9.59 Å². The minimum absolute atomic E-state index is 0.0463. The summed E-state index contributed by atoms with van der Waals surface area (Å²) in [5.41, 5.74) is 0.316. The smallest absolute Gasteiger partial charge is 0.327 e. The summed E-state index contributed by atoms with van der Waals surface area (Å²) in [5, 5.41) is 0. The van der Waals surface area contributed by atoms with Gasteiger partial charge in [-0.1, -0.05) is 46.5 Å². The number of carbonyl (C=O) groups excluding carboxylic acids is 2. The van der Waals surface area contributed by atoms with Crippen molar-refractivity contribution in [3.63, 3.8) is 0 Å². The van der Waals surface area contributed by atoms with Gasteiger partial charge >= 0.3 is 6.03 Å². The van der Waals surface area contributed by atoms with Crippen LogP contribution in [-0.4, -0.2) is 54.6 Å². The van der Waals surface area contributed by atoms with Gasteiger partial charge in [0.25, 0.3) is 0 Å². The van der Waals surface area contributed by atoms with Gasteiger partial charge in [0, 0.05) is 26.3 Å². The molecule has 0 aliphatic carbocycles. The summed E-state index contributed by atoms with van der Waals surface area (Å²) in [6.07, 6.45) is 10.3. The van der Waals surface area contributed by atoms with Crippen LogP contribution in [0.25, 0.3) is 0 Å². The minimum Gasteiger partial charge on any atom is -0.381 e. The van der Waals surface area contributed by atoms with Gasteiger partial charge in [-0.25, -0.2) is 4.79 Å². The summed E-state index contributed by atoms with van der Waals surface area (Å²) in [6, 6.07) is -0.115. The van der Waals surface area contributed by atoms with E-state index in [1.54, 1.807) is 4.90 Å². The molecule has 1 rings (SSSR count). The van der Waals surface area contributed by atoms with Gasteiger partial charge in [0.05, 0.1) is 0 Å². The molecule has 1 fully saturated rings. The number of nitrogens with zero attached hydrogens (tertiary/aromatic N) is 2. The number of ether oxygens (including phenoxy) is 1. The summed E-state index contributed by atoms with van der Waals surface area (Å²) in [5.74, 6) is -0.0463. The Hall–Kier alpha value is -1.10. The third-order valence-electron chi connectivity index (χ3n) is 5.28. The first-order valence-corrected chi connectivity index (χ1v) is 10.6. The van der Waals surface area contributed by atoms with E-state index in [-0.39, 0.29) is 18.5 Å². The predicted molar refractivity (Wildman–Crippen MR) is 106 cm³/mol. The Labute approximate surface area is 160 Å². The van der Waals surface area contributed by atoms with E-state index >= 15 is 0 Å². The molecule has 0 atom stereocenters. The average Bonchev–Trinajstić information content (AvgIpc) is 2.88. The van der Waals surface area contributed by atoms with E-state index in [1.807, 2.05) is 6.92 Å². The Morgan fingerprint density at radius 3 is 2.12 bits per heavy atom. The van der Waals surface area contributed by atoms with Gasteiger partial charge in [-0.05, 0) is 44.4 Å². The maximum atomic E-state index is 12.0. The number of amides is 3. The highest BCUT2D eigenvalue weighted by Gasteiger charge is 2.34. The maximum Gasteiger partial charge on any atom is 0.327 e. The van der Waals surface area contributed by atoms with Crippen molar-refractivity contribution in [3.8, 4) is 0 Å². The minimum atomic E-state index is -0.115. The van der Waals surface area contributed by atoms with Crippen molar-refractivity contribution in [1.82, 2.24) is 9.80 Å². The first-order chi connectivity index (χ1) is 12.4. The molecule has 26 heavy (non-hydrogen) atoms. The summed E-state index contributed by atoms with van der Waals surface area (Å²) in [7, 11) is 0. The molecule has 1 saturated heterocycles. The zero-order valence-corrected chi connectivity index (χ0v) is 17.5. The van der Waals surface area contributed by atoms with Gasteiger partial charge in [0.1, 0.15) is 6.54 Å². The van der Waals surface area contributed by atoms with Crippen LogP contribution in [0.1, 0.15) is 85.5 Å². The number of hydrogen-bond donors (Lipinski definition) is 0. The lowest BCUT2D eigenvalue weighted by atomic mass is 9.82. The van der Waals surface area contributed by atoms with E-state index in [2.05, 4.69) is 20.8 Å². The van der Waals surface area contributed by atoms with Crippen LogP contribution in [0.15, 0.2) is 0 Å². The third-order valence-corrected chi connectivity index (χ3v) is 5.28. The van der Waals surface area contributed by atoms with Crippen LogP contribution in [-0.2, 0) is 9.53 Å². The van der Waals surface area contributed by atoms with E-state index in [1.165, 1.54) is 37.0 Å². The summed E-state index contributed by atoms with van der Waals surface area (Å²) in [4.78, 5) is 27.0. The van der Waals surface area contributed by atoms with Crippen LogP contribution < -0.4 is 0 Å². The molecule has 0 N–H and O–H groups in total. The Bertz CT molecular complexity index is 423. The SMILES string of the molecule is CCCCCOCCCCC(C)(C)CCCCN1C(=O)CN(CC)C1=O. The molecule has 0 aromatic carbocycles. The molecule has 0 unspecified atom stereocenters. The van der Waals surface area contributed by atoms with Gasteiger partial charge in [0.15, 0.2) is 0 Å². The topological polar surface area (TPSA) is 49.9 Å². The second-order valence-corrected chi connectivity index (χ2v) is 8.24. The standard InChI is InChI=1S/C21H40N2O3/c1-5-7-11-16-26-17-12-9-14-21(3,4)13-8-10-15-23-19(24)18-22(6-2)20(23)25/h5-18H2,1-4H3. The summed E-state index contributed by atoms with van der Waals surface area (Å²) in [6.45, 7) is 12.0. The van der Waals surface area contributed by atoms with Crippen molar-refractivity contribution in [1.29, 1.82) is 0 Å². The van der Waals surface area contributed by atoms with Crippen LogP contribution in [0.4, 0.5) is 4.79 Å². The maximum absolute atomic E-state index is 12.0. The number of likely N-dealkylation sites (N-methyl/N-ethyl adjacent to an activating group) is 1. The second kappa shape index (κ2) is 12.3. The third kappa shape index (κ3) is 8.52. The fourth-order valence-corrected chi connectivity index (χ4v) is 3.42. The molecule has 0 radical (unpaired) electrons. The molecular formula is C21H40N2O3. The molecule has 152 valence electrons. The number of urea groups is 1. The zero-order valence-electron chi connectivity index (χ0n) is 17.5. The zero-order chi connectivity index (χ0) is 19.4. The molecule has 0 aromatic heterocycles. The van der Waals surface area contributed by atoms with Crippen molar-refractivity contribution in [2.45, 2.75) is 85.5 Å². The molecule has 0 spiro atoms. The highest BCUT2D eigenvalue weighted by atomic mass is 16.5. The van der Waals surface area contributed by atoms with Crippen molar-refractivity contribution >= 4 is 11.9 Å². The van der Waals surface area contributed by atoms with Gasteiger partial charge in [-0.2, -0.15) is 0 Å². The molecule has 0 aromatic rings. The Morgan fingerprint density at radius 2 is 1.54 bits per heavy atom. The fraction of sp³-hybridized carbons (Fsp3) is 0.905. The highest BCUT2D eigenvalue weighted by Crippen LogP contribution is 2.29. The monoisotopic (exact) mass is 368 g/mol. The van der Waals surface area contributed by atoms with Crippen LogP contribution in [0.2, 0.25) is 0 Å². The lowest BCUT2D eigenvalue weighted by Crippen LogP contribution is -2.33. The fourth-order valence-electron chi connectivity index (χ4n) is 3.42. The van der Waals surface area contributed by atoms with Crippen LogP contribution >= 0.6 is 0 Å². The first kappa shape index (κ1) is 22.9. The predicted octanol–water partition coefficient (Wildman–Crippen LogP) is 4.84. The first-order valence-electron chi connectivity index (χ1n) is 10.6. The average molecular weight is 369 g/mol. The second-order valence-electron chi connectivity index (χ2n) is 8.24. The summed E-state index contributed by atoms with van der Waals surface area (Å²) >= 11 is 0. The van der Waals surface area contributed by atoms with Crippen molar-refractivity contribution < 1.29 is 14.3 Å². The van der Waals surface area contributed by atoms with Gasteiger partial charge < -0.3 is 9.64 Å². The van der Waals surface area contributed by atoms with E-state index < -0.39 is 0 Å². The van der Waals surface area contributed by atoms with Crippen LogP contribution in [0.5, 0.6) is 0 Å². The van der Waals surface area contributed by atoms with Crippen LogP contribution in [0.3, 0.4) is 0 Å². The Morgan fingerprint density at radius 1 is 0.923 bits per heavy atom. The number of carbonyl (C=O) groups is 2. The molecule has 3 amide bonds.